The van der Waals surface area contributed by atoms with Gasteiger partial charge in [-0.3, -0.25) is 4.79 Å². The molecule has 2 aromatic rings. The van der Waals surface area contributed by atoms with Gasteiger partial charge in [-0.15, -0.1) is 0 Å². The molecule has 1 heterocycles. The summed E-state index contributed by atoms with van der Waals surface area (Å²) in [7, 11) is 1.22. The minimum atomic E-state index is -0.998. The van der Waals surface area contributed by atoms with E-state index in [9.17, 15) is 14.4 Å². The minimum absolute atomic E-state index is 0.158. The van der Waals surface area contributed by atoms with Crippen LogP contribution >= 0.6 is 0 Å². The van der Waals surface area contributed by atoms with Crippen LogP contribution in [0.25, 0.3) is 11.0 Å². The van der Waals surface area contributed by atoms with Gasteiger partial charge in [0.05, 0.1) is 23.7 Å². The van der Waals surface area contributed by atoms with E-state index in [-0.39, 0.29) is 11.1 Å². The van der Waals surface area contributed by atoms with Gasteiger partial charge in [-0.25, -0.2) is 14.6 Å². The second-order valence-electron chi connectivity index (χ2n) is 5.02. The van der Waals surface area contributed by atoms with Crippen LogP contribution in [0.1, 0.15) is 29.9 Å². The molecule has 1 aromatic heterocycles. The molecular formula is C16H18N2O5. The Morgan fingerprint density at radius 1 is 1.35 bits per heavy atom. The summed E-state index contributed by atoms with van der Waals surface area (Å²) in [6.45, 7) is 5.42. The molecule has 0 saturated carbocycles. The van der Waals surface area contributed by atoms with Gasteiger partial charge in [0.25, 0.3) is 5.56 Å². The highest BCUT2D eigenvalue weighted by atomic mass is 16.6. The zero-order valence-corrected chi connectivity index (χ0v) is 13.5. The van der Waals surface area contributed by atoms with Crippen molar-refractivity contribution in [2.45, 2.75) is 33.4 Å². The second-order valence-corrected chi connectivity index (χ2v) is 5.02. The first-order valence-corrected chi connectivity index (χ1v) is 7.19. The third kappa shape index (κ3) is 3.23. The second kappa shape index (κ2) is 6.60. The number of ether oxygens (including phenoxy) is 2. The number of esters is 2. The van der Waals surface area contributed by atoms with Crippen LogP contribution in [0.5, 0.6) is 0 Å². The molecule has 1 aromatic carbocycles. The molecule has 7 heteroatoms. The molecule has 0 N–H and O–H groups in total. The van der Waals surface area contributed by atoms with Crippen molar-refractivity contribution in [1.82, 2.24) is 9.55 Å². The Labute approximate surface area is 132 Å². The van der Waals surface area contributed by atoms with E-state index in [4.69, 9.17) is 4.74 Å². The number of hydrogen-bond acceptors (Lipinski definition) is 6. The number of benzene rings is 1. The third-order valence-electron chi connectivity index (χ3n) is 3.48. The van der Waals surface area contributed by atoms with E-state index in [0.717, 1.165) is 0 Å². The average molecular weight is 318 g/mol. The number of aryl methyl sites for hydroxylation is 2. The normalized spacial score (nSPS) is 12.0. The summed E-state index contributed by atoms with van der Waals surface area (Å²) < 4.78 is 11.1. The zero-order chi connectivity index (χ0) is 17.1. The van der Waals surface area contributed by atoms with Crippen molar-refractivity contribution in [3.05, 3.63) is 39.8 Å². The van der Waals surface area contributed by atoms with Gasteiger partial charge in [-0.1, -0.05) is 0 Å². The molecule has 0 aliphatic heterocycles. The summed E-state index contributed by atoms with van der Waals surface area (Å²) >= 11 is 0. The van der Waals surface area contributed by atoms with Crippen LogP contribution in [0, 0.1) is 6.92 Å². The lowest BCUT2D eigenvalue weighted by atomic mass is 10.2. The number of carbonyl (C=O) groups is 2. The van der Waals surface area contributed by atoms with Gasteiger partial charge in [0.1, 0.15) is 5.69 Å². The van der Waals surface area contributed by atoms with E-state index in [2.05, 4.69) is 9.72 Å². The van der Waals surface area contributed by atoms with E-state index in [0.29, 0.717) is 23.3 Å². The summed E-state index contributed by atoms with van der Waals surface area (Å²) in [4.78, 5) is 39.7. The van der Waals surface area contributed by atoms with E-state index in [1.54, 1.807) is 23.6 Å². The monoisotopic (exact) mass is 318 g/mol. The maximum atomic E-state index is 12.1. The molecule has 0 aliphatic rings. The van der Waals surface area contributed by atoms with Crippen LogP contribution in [0.3, 0.4) is 0 Å². The zero-order valence-electron chi connectivity index (χ0n) is 13.5. The van der Waals surface area contributed by atoms with E-state index >= 15 is 0 Å². The fourth-order valence-electron chi connectivity index (χ4n) is 2.26. The van der Waals surface area contributed by atoms with Crippen LogP contribution in [0.15, 0.2) is 23.0 Å². The van der Waals surface area contributed by atoms with Crippen LogP contribution in [-0.2, 0) is 20.8 Å². The molecule has 1 unspecified atom stereocenters. The molecule has 7 nitrogen and oxygen atoms in total. The van der Waals surface area contributed by atoms with Gasteiger partial charge < -0.3 is 14.0 Å². The average Bonchev–Trinajstić information content (AvgIpc) is 2.54. The van der Waals surface area contributed by atoms with Crippen molar-refractivity contribution in [3.63, 3.8) is 0 Å². The quantitative estimate of drug-likeness (QED) is 0.793. The first-order chi connectivity index (χ1) is 10.9. The third-order valence-corrected chi connectivity index (χ3v) is 3.48. The van der Waals surface area contributed by atoms with Crippen LogP contribution in [0.4, 0.5) is 0 Å². The van der Waals surface area contributed by atoms with Gasteiger partial charge in [-0.2, -0.15) is 0 Å². The Balaban J connectivity index is 2.41. The van der Waals surface area contributed by atoms with Crippen molar-refractivity contribution < 1.29 is 19.1 Å². The molecule has 0 aliphatic carbocycles. The predicted octanol–water partition coefficient (Wildman–Crippen LogP) is 1.44. The van der Waals surface area contributed by atoms with E-state index in [1.807, 2.05) is 6.92 Å². The van der Waals surface area contributed by atoms with Crippen molar-refractivity contribution in [1.29, 1.82) is 0 Å². The molecule has 0 spiro atoms. The summed E-state index contributed by atoms with van der Waals surface area (Å²) in [6.07, 6.45) is -0.998. The first kappa shape index (κ1) is 16.7. The number of rotatable bonds is 4. The summed E-state index contributed by atoms with van der Waals surface area (Å²) in [6, 6.07) is 4.73. The molecule has 23 heavy (non-hydrogen) atoms. The SMILES string of the molecule is CCn1c(=O)c(C)nc2cc(C(=O)OC(C)C(=O)OC)ccc21. The van der Waals surface area contributed by atoms with Crippen molar-refractivity contribution >= 4 is 23.0 Å². The van der Waals surface area contributed by atoms with Crippen molar-refractivity contribution in [2.24, 2.45) is 0 Å². The molecule has 1 atom stereocenters. The number of fused-ring (bicyclic) bond motifs is 1. The summed E-state index contributed by atoms with van der Waals surface area (Å²) in [5.74, 6) is -1.29. The fourth-order valence-corrected chi connectivity index (χ4v) is 2.26. The van der Waals surface area contributed by atoms with E-state index in [1.165, 1.54) is 20.1 Å². The Hall–Kier alpha value is -2.70. The maximum absolute atomic E-state index is 12.1. The largest absolute Gasteiger partial charge is 0.466 e. The van der Waals surface area contributed by atoms with Gasteiger partial charge in [0.15, 0.2) is 6.10 Å². The highest BCUT2D eigenvalue weighted by Crippen LogP contribution is 2.15. The molecule has 122 valence electrons. The molecule has 2 rings (SSSR count). The lowest BCUT2D eigenvalue weighted by molar-refractivity contribution is -0.149. The van der Waals surface area contributed by atoms with Crippen LogP contribution in [0.2, 0.25) is 0 Å². The van der Waals surface area contributed by atoms with Gasteiger partial charge in [0, 0.05) is 6.54 Å². The molecule has 0 fully saturated rings. The maximum Gasteiger partial charge on any atom is 0.346 e. The summed E-state index contributed by atoms with van der Waals surface area (Å²) in [5, 5.41) is 0. The molecule has 0 amide bonds. The number of nitrogens with zero attached hydrogens (tertiary/aromatic N) is 2. The van der Waals surface area contributed by atoms with Crippen LogP contribution in [-0.4, -0.2) is 34.7 Å². The summed E-state index contributed by atoms with van der Waals surface area (Å²) in [5.41, 5.74) is 1.61. The Kier molecular flexibility index (Phi) is 4.78. The Bertz CT molecular complexity index is 825. The number of hydrogen-bond donors (Lipinski definition) is 0. The standard InChI is InChI=1S/C16H18N2O5/c1-5-18-13-7-6-11(8-12(13)17-9(2)14(18)19)16(21)23-10(3)15(20)22-4/h6-8,10H,5H2,1-4H3. The molecule has 0 saturated heterocycles. The van der Waals surface area contributed by atoms with Gasteiger partial charge in [-0.05, 0) is 39.0 Å². The molecule has 0 bridgehead atoms. The van der Waals surface area contributed by atoms with Crippen molar-refractivity contribution in [2.75, 3.05) is 7.11 Å². The molecule has 0 radical (unpaired) electrons. The topological polar surface area (TPSA) is 87.5 Å². The Morgan fingerprint density at radius 2 is 2.04 bits per heavy atom. The highest BCUT2D eigenvalue weighted by molar-refractivity contribution is 5.94. The fraction of sp³-hybridized carbons (Fsp3) is 0.375. The lowest BCUT2D eigenvalue weighted by Crippen LogP contribution is -2.25. The number of methoxy groups -OCH3 is 1. The lowest BCUT2D eigenvalue weighted by Gasteiger charge is -2.12. The van der Waals surface area contributed by atoms with Gasteiger partial charge >= 0.3 is 11.9 Å². The predicted molar refractivity (Wildman–Crippen MR) is 83.3 cm³/mol. The van der Waals surface area contributed by atoms with Crippen molar-refractivity contribution in [3.8, 4) is 0 Å². The molecular weight excluding hydrogens is 300 g/mol. The van der Waals surface area contributed by atoms with E-state index < -0.39 is 18.0 Å². The Morgan fingerprint density at radius 3 is 2.65 bits per heavy atom. The minimum Gasteiger partial charge on any atom is -0.466 e. The first-order valence-electron chi connectivity index (χ1n) is 7.19. The van der Waals surface area contributed by atoms with Crippen LogP contribution < -0.4 is 5.56 Å². The number of aromatic nitrogens is 2. The van der Waals surface area contributed by atoms with Gasteiger partial charge in [0.2, 0.25) is 0 Å². The number of carbonyl (C=O) groups excluding carboxylic acids is 2. The smallest absolute Gasteiger partial charge is 0.346 e. The highest BCUT2D eigenvalue weighted by Gasteiger charge is 2.20.